The highest BCUT2D eigenvalue weighted by molar-refractivity contribution is 7.89. The molecule has 0 radical (unpaired) electrons. The lowest BCUT2D eigenvalue weighted by atomic mass is 10.2. The molecule has 8 nitrogen and oxygen atoms in total. The van der Waals surface area contributed by atoms with Crippen LogP contribution in [0.1, 0.15) is 32.9 Å². The molecule has 0 spiro atoms. The summed E-state index contributed by atoms with van der Waals surface area (Å²) in [6, 6.07) is 5.14. The zero-order chi connectivity index (χ0) is 20.2. The molecule has 148 valence electrons. The van der Waals surface area contributed by atoms with Crippen LogP contribution in [-0.2, 0) is 21.2 Å². The molecular weight excluding hydrogens is 375 g/mol. The van der Waals surface area contributed by atoms with E-state index in [1.807, 2.05) is 0 Å². The Balaban J connectivity index is 1.92. The molecule has 0 saturated heterocycles. The van der Waals surface area contributed by atoms with E-state index < -0.39 is 32.4 Å². The van der Waals surface area contributed by atoms with Crippen LogP contribution in [-0.4, -0.2) is 36.2 Å². The van der Waals surface area contributed by atoms with E-state index in [1.165, 1.54) is 24.4 Å². The first-order chi connectivity index (χ1) is 12.5. The average molecular weight is 398 g/mol. The number of nitrogen functional groups attached to an aromatic ring is 1. The van der Waals surface area contributed by atoms with Gasteiger partial charge in [0.15, 0.2) is 0 Å². The van der Waals surface area contributed by atoms with Gasteiger partial charge in [-0.2, -0.15) is 0 Å². The summed E-state index contributed by atoms with van der Waals surface area (Å²) in [5.41, 5.74) is 5.57. The van der Waals surface area contributed by atoms with Gasteiger partial charge in [-0.15, -0.1) is 0 Å². The van der Waals surface area contributed by atoms with E-state index in [4.69, 9.17) is 10.5 Å². The molecule has 0 aliphatic heterocycles. The van der Waals surface area contributed by atoms with Crippen molar-refractivity contribution in [1.29, 1.82) is 0 Å². The van der Waals surface area contributed by atoms with Crippen molar-refractivity contribution in [3.8, 4) is 0 Å². The van der Waals surface area contributed by atoms with E-state index in [2.05, 4.69) is 9.71 Å². The molecule has 2 rings (SSSR count). The van der Waals surface area contributed by atoms with Gasteiger partial charge in [-0.05, 0) is 45.7 Å². The summed E-state index contributed by atoms with van der Waals surface area (Å²) >= 11 is 0. The highest BCUT2D eigenvalue weighted by Crippen LogP contribution is 2.15. The molecule has 2 aromatic rings. The predicted octanol–water partition coefficient (Wildman–Crippen LogP) is 2.30. The molecule has 0 atom stereocenters. The summed E-state index contributed by atoms with van der Waals surface area (Å²) in [5.74, 6) is -0.819. The van der Waals surface area contributed by atoms with Crippen LogP contribution in [0.25, 0.3) is 0 Å². The Labute approximate surface area is 157 Å². The number of aryl methyl sites for hydroxylation is 1. The fraction of sp³-hybridized carbons (Fsp3) is 0.412. The van der Waals surface area contributed by atoms with E-state index in [-0.39, 0.29) is 12.5 Å². The van der Waals surface area contributed by atoms with Crippen molar-refractivity contribution < 1.29 is 22.3 Å². The molecule has 0 fully saturated rings. The number of hydrogen-bond acceptors (Lipinski definition) is 6. The third-order valence-corrected chi connectivity index (χ3v) is 4.90. The van der Waals surface area contributed by atoms with E-state index in [1.54, 1.807) is 20.8 Å². The highest BCUT2D eigenvalue weighted by Gasteiger charge is 2.21. The second kappa shape index (κ2) is 8.05. The van der Waals surface area contributed by atoms with Crippen LogP contribution in [0.4, 0.5) is 15.1 Å². The quantitative estimate of drug-likeness (QED) is 0.721. The van der Waals surface area contributed by atoms with Gasteiger partial charge >= 0.3 is 6.09 Å². The molecular formula is C17H23FN4O4S. The van der Waals surface area contributed by atoms with E-state index in [0.29, 0.717) is 18.5 Å². The molecule has 0 saturated carbocycles. The Morgan fingerprint density at radius 1 is 1.33 bits per heavy atom. The smallest absolute Gasteiger partial charge is 0.421 e. The normalized spacial score (nSPS) is 12.1. The number of nitrogens with zero attached hydrogens (tertiary/aromatic N) is 2. The van der Waals surface area contributed by atoms with Gasteiger partial charge in [-0.25, -0.2) is 31.9 Å². The number of carbonyl (C=O) groups is 1. The van der Waals surface area contributed by atoms with E-state index >= 15 is 0 Å². The van der Waals surface area contributed by atoms with E-state index in [0.717, 1.165) is 10.6 Å². The molecule has 1 heterocycles. The zero-order valence-electron chi connectivity index (χ0n) is 15.4. The zero-order valence-corrected chi connectivity index (χ0v) is 16.2. The first kappa shape index (κ1) is 20.8. The second-order valence-electron chi connectivity index (χ2n) is 6.87. The Morgan fingerprint density at radius 3 is 2.63 bits per heavy atom. The maximum atomic E-state index is 13.6. The van der Waals surface area contributed by atoms with Crippen molar-refractivity contribution in [3.63, 3.8) is 0 Å². The fourth-order valence-electron chi connectivity index (χ4n) is 2.24. The highest BCUT2D eigenvalue weighted by atomic mass is 32.2. The minimum atomic E-state index is -3.93. The van der Waals surface area contributed by atoms with Crippen molar-refractivity contribution in [2.24, 2.45) is 0 Å². The number of aromatic nitrogens is 2. The van der Waals surface area contributed by atoms with Crippen molar-refractivity contribution in [2.75, 3.05) is 12.3 Å². The SMILES string of the molecule is CC(C)(C)OC(=O)n1cc(CCCNS(=O)(=O)c2ccccc2F)nc1N. The van der Waals surface area contributed by atoms with Crippen LogP contribution in [0.15, 0.2) is 35.4 Å². The monoisotopic (exact) mass is 398 g/mol. The third kappa shape index (κ3) is 5.76. The number of halogens is 1. The molecule has 0 bridgehead atoms. The summed E-state index contributed by atoms with van der Waals surface area (Å²) in [4.78, 5) is 15.7. The van der Waals surface area contributed by atoms with Gasteiger partial charge in [0, 0.05) is 12.7 Å². The van der Waals surface area contributed by atoms with Crippen LogP contribution in [0.5, 0.6) is 0 Å². The molecule has 27 heavy (non-hydrogen) atoms. The summed E-state index contributed by atoms with van der Waals surface area (Å²) in [6.07, 6.45) is 1.58. The molecule has 0 aliphatic carbocycles. The number of benzene rings is 1. The number of carbonyl (C=O) groups excluding carboxylic acids is 1. The average Bonchev–Trinajstić information content (AvgIpc) is 2.91. The minimum absolute atomic E-state index is 0.00816. The first-order valence-corrected chi connectivity index (χ1v) is 9.79. The van der Waals surface area contributed by atoms with Crippen LogP contribution in [0, 0.1) is 5.82 Å². The Hall–Kier alpha value is -2.46. The van der Waals surface area contributed by atoms with Crippen molar-refractivity contribution in [3.05, 3.63) is 42.0 Å². The number of imidazole rings is 1. The Morgan fingerprint density at radius 2 is 2.00 bits per heavy atom. The number of nitrogens with two attached hydrogens (primary N) is 1. The predicted molar refractivity (Wildman–Crippen MR) is 98.2 cm³/mol. The lowest BCUT2D eigenvalue weighted by Crippen LogP contribution is -2.27. The largest absolute Gasteiger partial charge is 0.443 e. The topological polar surface area (TPSA) is 116 Å². The van der Waals surface area contributed by atoms with Crippen LogP contribution in [0.2, 0.25) is 0 Å². The van der Waals surface area contributed by atoms with Gasteiger partial charge in [0.05, 0.1) is 5.69 Å². The molecule has 1 aromatic carbocycles. The molecule has 3 N–H and O–H groups in total. The standard InChI is InChI=1S/C17H23FN4O4S/c1-17(2,3)26-16(23)22-11-12(21-15(22)19)7-6-10-20-27(24,25)14-9-5-4-8-13(14)18/h4-5,8-9,11,20H,6-7,10H2,1-3H3,(H2,19,21). The lowest BCUT2D eigenvalue weighted by Gasteiger charge is -2.19. The molecule has 0 unspecified atom stereocenters. The molecule has 0 aliphatic rings. The van der Waals surface area contributed by atoms with Crippen molar-refractivity contribution in [1.82, 2.24) is 14.3 Å². The van der Waals surface area contributed by atoms with E-state index in [9.17, 15) is 17.6 Å². The summed E-state index contributed by atoms with van der Waals surface area (Å²) in [7, 11) is -3.93. The number of hydrogen-bond donors (Lipinski definition) is 2. The van der Waals surface area contributed by atoms with Crippen LogP contribution >= 0.6 is 0 Å². The summed E-state index contributed by atoms with van der Waals surface area (Å²) in [6.45, 7) is 5.29. The maximum absolute atomic E-state index is 13.6. The van der Waals surface area contributed by atoms with Crippen LogP contribution < -0.4 is 10.5 Å². The number of ether oxygens (including phenoxy) is 1. The minimum Gasteiger partial charge on any atom is -0.443 e. The second-order valence-corrected chi connectivity index (χ2v) is 8.61. The van der Waals surface area contributed by atoms with Crippen LogP contribution in [0.3, 0.4) is 0 Å². The Kier molecular flexibility index (Phi) is 6.22. The van der Waals surface area contributed by atoms with Gasteiger partial charge in [0.25, 0.3) is 0 Å². The van der Waals surface area contributed by atoms with Gasteiger partial charge in [0.2, 0.25) is 16.0 Å². The number of sulfonamides is 1. The fourth-order valence-corrected chi connectivity index (χ4v) is 3.39. The maximum Gasteiger partial charge on any atom is 0.421 e. The lowest BCUT2D eigenvalue weighted by molar-refractivity contribution is 0.0540. The number of nitrogens with one attached hydrogen (secondary N) is 1. The number of rotatable bonds is 6. The number of anilines is 1. The summed E-state index contributed by atoms with van der Waals surface area (Å²) < 4.78 is 46.5. The third-order valence-electron chi connectivity index (χ3n) is 3.40. The van der Waals surface area contributed by atoms with Gasteiger partial charge < -0.3 is 10.5 Å². The van der Waals surface area contributed by atoms with Crippen molar-refractivity contribution in [2.45, 2.75) is 44.1 Å². The first-order valence-electron chi connectivity index (χ1n) is 8.31. The van der Waals surface area contributed by atoms with Crippen molar-refractivity contribution >= 4 is 22.1 Å². The van der Waals surface area contributed by atoms with Gasteiger partial charge in [-0.3, -0.25) is 0 Å². The summed E-state index contributed by atoms with van der Waals surface area (Å²) in [5, 5.41) is 0. The van der Waals surface area contributed by atoms with Gasteiger partial charge in [0.1, 0.15) is 16.3 Å². The molecule has 1 aromatic heterocycles. The molecule has 0 amide bonds. The molecule has 10 heteroatoms. The Bertz CT molecular complexity index is 919. The van der Waals surface area contributed by atoms with Gasteiger partial charge in [-0.1, -0.05) is 12.1 Å².